The second-order valence-corrected chi connectivity index (χ2v) is 81.3. The summed E-state index contributed by atoms with van der Waals surface area (Å²) in [6.07, 6.45) is 0. The Morgan fingerprint density at radius 3 is 1.21 bits per heavy atom. The zero-order valence-corrected chi connectivity index (χ0v) is 23.1. The van der Waals surface area contributed by atoms with Gasteiger partial charge < -0.3 is 0 Å². The van der Waals surface area contributed by atoms with Crippen LogP contribution in [0.1, 0.15) is 0 Å². The first-order valence-corrected chi connectivity index (χ1v) is 38.2. The number of hydrogen-bond donors (Lipinski definition) is 0. The van der Waals surface area contributed by atoms with Crippen molar-refractivity contribution in [2.45, 2.75) is 2.52 Å². The van der Waals surface area contributed by atoms with Gasteiger partial charge in [0.1, 0.15) is 0 Å². The number of benzene rings is 2. The molecule has 104 valence electrons. The van der Waals surface area contributed by atoms with E-state index in [9.17, 15) is 0 Å². The molecule has 0 aliphatic rings. The van der Waals surface area contributed by atoms with E-state index in [0.717, 1.165) is 0 Å². The van der Waals surface area contributed by atoms with Crippen LogP contribution in [-0.4, -0.2) is 20.6 Å². The summed E-state index contributed by atoms with van der Waals surface area (Å²) < 4.78 is 4.69. The van der Waals surface area contributed by atoms with Crippen molar-refractivity contribution in [1.82, 2.24) is 0 Å². The van der Waals surface area contributed by atoms with Gasteiger partial charge in [0.2, 0.25) is 0 Å². The van der Waals surface area contributed by atoms with Gasteiger partial charge in [0.05, 0.1) is 0 Å². The Bertz CT molecular complexity index is 479. The van der Waals surface area contributed by atoms with E-state index in [0.29, 0.717) is 0 Å². The molecule has 0 heterocycles. The van der Waals surface area contributed by atoms with Crippen molar-refractivity contribution in [2.24, 2.45) is 0 Å². The molecule has 0 spiro atoms. The molecule has 0 aliphatic heterocycles. The quantitative estimate of drug-likeness (QED) is 0.301. The van der Waals surface area contributed by atoms with Gasteiger partial charge >= 0.3 is 166 Å². The summed E-state index contributed by atoms with van der Waals surface area (Å²) in [5, 5.41) is 0. The average Bonchev–Trinajstić information content (AvgIpc) is 2.40. The van der Waals surface area contributed by atoms with Gasteiger partial charge in [-0.3, -0.25) is 0 Å². The van der Waals surface area contributed by atoms with E-state index in [1.54, 1.807) is 7.22 Å². The Balaban J connectivity index is 2.25. The molecule has 0 amide bonds. The van der Waals surface area contributed by atoms with Crippen molar-refractivity contribution in [3.05, 3.63) is 60.7 Å². The van der Waals surface area contributed by atoms with E-state index in [1.807, 2.05) is 0 Å². The Labute approximate surface area is 161 Å². The fourth-order valence-corrected chi connectivity index (χ4v) is 183. The molecule has 0 N–H and O–H groups in total. The van der Waals surface area contributed by atoms with Gasteiger partial charge in [0.15, 0.2) is 0 Å². The summed E-state index contributed by atoms with van der Waals surface area (Å²) in [5.41, 5.74) is 0. The van der Waals surface area contributed by atoms with Crippen LogP contribution in [-0.2, 0) is 0 Å². The number of halogens is 4. The van der Waals surface area contributed by atoms with Crippen LogP contribution in [0.15, 0.2) is 60.7 Å². The topological polar surface area (TPSA) is 0 Å². The van der Waals surface area contributed by atoms with Crippen molar-refractivity contribution >= 4 is 103 Å². The maximum absolute atomic E-state index is 2.81. The predicted octanol–water partition coefficient (Wildman–Crippen LogP) is 4.96. The Morgan fingerprint density at radius 1 is 0.579 bits per heavy atom. The predicted molar refractivity (Wildman–Crippen MR) is 125 cm³/mol. The third-order valence-corrected chi connectivity index (χ3v) is 80.4. The molecule has 0 unspecified atom stereocenters. The van der Waals surface area contributed by atoms with Crippen molar-refractivity contribution in [1.29, 1.82) is 0 Å². The van der Waals surface area contributed by atoms with Crippen LogP contribution >= 0.6 is 74.8 Å². The van der Waals surface area contributed by atoms with Crippen LogP contribution in [0.25, 0.3) is 0 Å². The fourth-order valence-electron chi connectivity index (χ4n) is 1.56. The molecular formula is C13H12I4Te2. The van der Waals surface area contributed by atoms with Gasteiger partial charge in [-0.1, -0.05) is 0 Å². The first-order valence-electron chi connectivity index (χ1n) is 5.42. The van der Waals surface area contributed by atoms with Gasteiger partial charge in [-0.15, -0.1) is 0 Å². The third-order valence-electron chi connectivity index (χ3n) is 2.47. The van der Waals surface area contributed by atoms with Gasteiger partial charge in [0.25, 0.3) is 0 Å². The normalized spacial score (nSPS) is 14.1. The molecule has 0 saturated carbocycles. The minimum atomic E-state index is -1.97. The van der Waals surface area contributed by atoms with Gasteiger partial charge in [-0.2, -0.15) is 0 Å². The first kappa shape index (κ1) is 18.3. The third kappa shape index (κ3) is 5.50. The van der Waals surface area contributed by atoms with E-state index < -0.39 is 20.6 Å². The SMILES string of the molecule is I[Te](I)(C[Te](I)(I)c1ccccc1)c1ccccc1. The molecule has 2 rings (SSSR count). The van der Waals surface area contributed by atoms with Gasteiger partial charge in [0, 0.05) is 0 Å². The minimum absolute atomic E-state index is 1.46. The average molecular weight is 931 g/mol. The zero-order chi connectivity index (χ0) is 13.9. The van der Waals surface area contributed by atoms with Crippen molar-refractivity contribution in [3.63, 3.8) is 0 Å². The zero-order valence-electron chi connectivity index (χ0n) is 9.81. The number of hydrogen-bond acceptors (Lipinski definition) is 0. The molecule has 0 radical (unpaired) electrons. The Hall–Kier alpha value is 2.94. The van der Waals surface area contributed by atoms with E-state index in [2.05, 4.69) is 135 Å². The van der Waals surface area contributed by atoms with E-state index >= 15 is 0 Å². The van der Waals surface area contributed by atoms with E-state index in [4.69, 9.17) is 0 Å². The van der Waals surface area contributed by atoms with E-state index in [-0.39, 0.29) is 0 Å². The molecule has 0 aromatic heterocycles. The van der Waals surface area contributed by atoms with Crippen LogP contribution < -0.4 is 7.22 Å². The molecule has 19 heavy (non-hydrogen) atoms. The molecule has 0 aliphatic carbocycles. The van der Waals surface area contributed by atoms with Gasteiger partial charge in [-0.05, 0) is 0 Å². The fraction of sp³-hybridized carbons (Fsp3) is 0.0769. The molecule has 0 nitrogen and oxygen atoms in total. The van der Waals surface area contributed by atoms with Crippen LogP contribution in [0.2, 0.25) is 2.52 Å². The molecule has 0 bridgehead atoms. The summed E-state index contributed by atoms with van der Waals surface area (Å²) in [6.45, 7) is 0. The molecule has 0 fully saturated rings. The summed E-state index contributed by atoms with van der Waals surface area (Å²) >= 11 is 11.2. The molecule has 0 saturated heterocycles. The summed E-state index contributed by atoms with van der Waals surface area (Å²) in [5.74, 6) is 0. The van der Waals surface area contributed by atoms with E-state index in [1.165, 1.54) is 2.52 Å². The Kier molecular flexibility index (Phi) is 7.85. The van der Waals surface area contributed by atoms with Crippen molar-refractivity contribution in [2.75, 3.05) is 0 Å². The summed E-state index contributed by atoms with van der Waals surface area (Å²) in [7, 11) is -3.94. The second kappa shape index (κ2) is 8.16. The van der Waals surface area contributed by atoms with Crippen LogP contribution in [0.3, 0.4) is 0 Å². The van der Waals surface area contributed by atoms with Crippen molar-refractivity contribution < 1.29 is 0 Å². The maximum atomic E-state index is 2.81. The van der Waals surface area contributed by atoms with Crippen LogP contribution in [0, 0.1) is 0 Å². The number of rotatable bonds is 4. The molecule has 2 aromatic rings. The standard InChI is InChI=1S/C13H12I4Te2/c14-18(15,12-7-3-1-4-8-12)11-19(16,17)13-9-5-2-6-10-13/h1-10H,11H2. The van der Waals surface area contributed by atoms with Crippen LogP contribution in [0.5, 0.6) is 0 Å². The molecule has 2 aromatic carbocycles. The molecule has 0 atom stereocenters. The molecular weight excluding hydrogens is 919 g/mol. The van der Waals surface area contributed by atoms with Crippen molar-refractivity contribution in [3.8, 4) is 0 Å². The van der Waals surface area contributed by atoms with Gasteiger partial charge in [-0.25, -0.2) is 0 Å². The summed E-state index contributed by atoms with van der Waals surface area (Å²) in [4.78, 5) is 0. The van der Waals surface area contributed by atoms with Crippen LogP contribution in [0.4, 0.5) is 0 Å². The second-order valence-electron chi connectivity index (χ2n) is 3.89. The molecule has 6 heteroatoms. The first-order chi connectivity index (χ1) is 8.92. The monoisotopic (exact) mass is 936 g/mol. The Morgan fingerprint density at radius 2 is 0.895 bits per heavy atom. The summed E-state index contributed by atoms with van der Waals surface area (Å²) in [6, 6.07) is 22.3.